The zero-order chi connectivity index (χ0) is 15.3. The van der Waals surface area contributed by atoms with Gasteiger partial charge in [-0.25, -0.2) is 14.8 Å². The van der Waals surface area contributed by atoms with Gasteiger partial charge in [0.05, 0.1) is 17.8 Å². The molecule has 1 amide bonds. The summed E-state index contributed by atoms with van der Waals surface area (Å²) in [5.41, 5.74) is 0.463. The van der Waals surface area contributed by atoms with E-state index < -0.39 is 5.97 Å². The molecule has 0 saturated carbocycles. The van der Waals surface area contributed by atoms with E-state index in [9.17, 15) is 9.59 Å². The summed E-state index contributed by atoms with van der Waals surface area (Å²) in [6, 6.07) is 0. The third kappa shape index (κ3) is 3.91. The number of carbonyl (C=O) groups excluding carboxylic acids is 1. The number of aromatic carboxylic acids is 1. The number of rotatable bonds is 6. The molecular weight excluding hydrogens is 260 g/mol. The van der Waals surface area contributed by atoms with E-state index in [2.05, 4.69) is 9.97 Å². The van der Waals surface area contributed by atoms with E-state index in [1.165, 1.54) is 11.1 Å². The first kappa shape index (κ1) is 15.9. The molecule has 1 aromatic rings. The molecule has 1 aromatic heterocycles. The van der Waals surface area contributed by atoms with Crippen molar-refractivity contribution in [3.63, 3.8) is 0 Å². The SMILES string of the molecule is CCCN(CC(=O)N(C)C)c1ncc(C(=O)O)c(C)n1. The second-order valence-corrected chi connectivity index (χ2v) is 4.68. The summed E-state index contributed by atoms with van der Waals surface area (Å²) in [7, 11) is 3.37. The number of carboxylic acids is 1. The quantitative estimate of drug-likeness (QED) is 0.829. The average Bonchev–Trinajstić information content (AvgIpc) is 2.37. The minimum absolute atomic E-state index is 0.0537. The Hall–Kier alpha value is -2.18. The van der Waals surface area contributed by atoms with Crippen molar-refractivity contribution in [1.29, 1.82) is 0 Å². The molecule has 0 fully saturated rings. The third-order valence-electron chi connectivity index (χ3n) is 2.80. The minimum atomic E-state index is -1.06. The normalized spacial score (nSPS) is 10.2. The van der Waals surface area contributed by atoms with Crippen LogP contribution in [0.25, 0.3) is 0 Å². The van der Waals surface area contributed by atoms with Crippen molar-refractivity contribution in [3.8, 4) is 0 Å². The van der Waals surface area contributed by atoms with Crippen molar-refractivity contribution < 1.29 is 14.7 Å². The Kier molecular flexibility index (Phi) is 5.42. The summed E-state index contributed by atoms with van der Waals surface area (Å²) < 4.78 is 0. The number of amides is 1. The lowest BCUT2D eigenvalue weighted by Gasteiger charge is -2.23. The number of likely N-dealkylation sites (N-methyl/N-ethyl adjacent to an activating group) is 1. The van der Waals surface area contributed by atoms with Gasteiger partial charge in [-0.15, -0.1) is 0 Å². The number of hydrogen-bond acceptors (Lipinski definition) is 5. The van der Waals surface area contributed by atoms with E-state index in [1.807, 2.05) is 6.92 Å². The van der Waals surface area contributed by atoms with E-state index in [1.54, 1.807) is 25.9 Å². The van der Waals surface area contributed by atoms with Crippen molar-refractivity contribution in [1.82, 2.24) is 14.9 Å². The number of aryl methyl sites for hydroxylation is 1. The van der Waals surface area contributed by atoms with Crippen LogP contribution in [0.15, 0.2) is 6.20 Å². The van der Waals surface area contributed by atoms with Crippen LogP contribution in [0.1, 0.15) is 29.4 Å². The second kappa shape index (κ2) is 6.83. The van der Waals surface area contributed by atoms with Crippen LogP contribution in [0.3, 0.4) is 0 Å². The second-order valence-electron chi connectivity index (χ2n) is 4.68. The summed E-state index contributed by atoms with van der Waals surface area (Å²) in [6.45, 7) is 4.41. The molecule has 0 aromatic carbocycles. The van der Waals surface area contributed by atoms with E-state index in [4.69, 9.17) is 5.11 Å². The highest BCUT2D eigenvalue weighted by molar-refractivity contribution is 5.88. The molecule has 20 heavy (non-hydrogen) atoms. The Morgan fingerprint density at radius 2 is 2.00 bits per heavy atom. The van der Waals surface area contributed by atoms with Gasteiger partial charge in [0.2, 0.25) is 11.9 Å². The molecule has 0 bridgehead atoms. The fourth-order valence-corrected chi connectivity index (χ4v) is 1.64. The topological polar surface area (TPSA) is 86.6 Å². The zero-order valence-corrected chi connectivity index (χ0v) is 12.3. The molecule has 0 aliphatic rings. The monoisotopic (exact) mass is 280 g/mol. The first-order valence-corrected chi connectivity index (χ1v) is 6.38. The summed E-state index contributed by atoms with van der Waals surface area (Å²) in [4.78, 5) is 34.2. The molecule has 110 valence electrons. The van der Waals surface area contributed by atoms with Gasteiger partial charge in [-0.1, -0.05) is 6.92 Å². The van der Waals surface area contributed by atoms with Crippen LogP contribution < -0.4 is 4.90 Å². The van der Waals surface area contributed by atoms with Crippen LogP contribution in [-0.2, 0) is 4.79 Å². The van der Waals surface area contributed by atoms with E-state index in [-0.39, 0.29) is 18.0 Å². The molecule has 0 unspecified atom stereocenters. The standard InChI is InChI=1S/C13H20N4O3/c1-5-6-17(8-11(18)16(3)4)13-14-7-10(12(19)20)9(2)15-13/h7H,5-6,8H2,1-4H3,(H,19,20). The number of hydrogen-bond donors (Lipinski definition) is 1. The van der Waals surface area contributed by atoms with Crippen molar-refractivity contribution >= 4 is 17.8 Å². The summed E-state index contributed by atoms with van der Waals surface area (Å²) >= 11 is 0. The highest BCUT2D eigenvalue weighted by atomic mass is 16.4. The summed E-state index contributed by atoms with van der Waals surface area (Å²) in [6.07, 6.45) is 2.12. The highest BCUT2D eigenvalue weighted by Gasteiger charge is 2.17. The molecule has 7 heteroatoms. The van der Waals surface area contributed by atoms with Crippen LogP contribution in [0, 0.1) is 6.92 Å². The van der Waals surface area contributed by atoms with Crippen LogP contribution in [0.2, 0.25) is 0 Å². The van der Waals surface area contributed by atoms with Gasteiger partial charge in [-0.2, -0.15) is 0 Å². The average molecular weight is 280 g/mol. The highest BCUT2D eigenvalue weighted by Crippen LogP contribution is 2.12. The molecule has 1 N–H and O–H groups in total. The van der Waals surface area contributed by atoms with Gasteiger partial charge in [-0.3, -0.25) is 4.79 Å². The largest absolute Gasteiger partial charge is 0.478 e. The zero-order valence-electron chi connectivity index (χ0n) is 12.3. The van der Waals surface area contributed by atoms with Gasteiger partial charge in [-0.05, 0) is 13.3 Å². The fourth-order valence-electron chi connectivity index (χ4n) is 1.64. The molecule has 0 aliphatic carbocycles. The maximum Gasteiger partial charge on any atom is 0.339 e. The number of nitrogens with zero attached hydrogens (tertiary/aromatic N) is 4. The Morgan fingerprint density at radius 1 is 1.35 bits per heavy atom. The Morgan fingerprint density at radius 3 is 2.45 bits per heavy atom. The first-order valence-electron chi connectivity index (χ1n) is 6.38. The fraction of sp³-hybridized carbons (Fsp3) is 0.538. The number of anilines is 1. The predicted molar refractivity (Wildman–Crippen MR) is 74.9 cm³/mol. The van der Waals surface area contributed by atoms with Gasteiger partial charge >= 0.3 is 5.97 Å². The molecule has 0 atom stereocenters. The van der Waals surface area contributed by atoms with Gasteiger partial charge < -0.3 is 14.9 Å². The molecule has 1 heterocycles. The molecule has 0 radical (unpaired) electrons. The third-order valence-corrected chi connectivity index (χ3v) is 2.80. The molecule has 7 nitrogen and oxygen atoms in total. The minimum Gasteiger partial charge on any atom is -0.478 e. The summed E-state index contributed by atoms with van der Waals surface area (Å²) in [5, 5.41) is 8.96. The van der Waals surface area contributed by atoms with Gasteiger partial charge in [0.25, 0.3) is 0 Å². The van der Waals surface area contributed by atoms with Crippen molar-refractivity contribution in [2.75, 3.05) is 32.1 Å². The van der Waals surface area contributed by atoms with E-state index in [0.717, 1.165) is 6.42 Å². The van der Waals surface area contributed by atoms with Crippen molar-refractivity contribution in [2.24, 2.45) is 0 Å². The van der Waals surface area contributed by atoms with Crippen molar-refractivity contribution in [2.45, 2.75) is 20.3 Å². The number of carbonyl (C=O) groups is 2. The molecular formula is C13H20N4O3. The van der Waals surface area contributed by atoms with Crippen LogP contribution in [-0.4, -0.2) is 59.0 Å². The smallest absolute Gasteiger partial charge is 0.339 e. The summed E-state index contributed by atoms with van der Waals surface area (Å²) in [5.74, 6) is -0.730. The van der Waals surface area contributed by atoms with Gasteiger partial charge in [0.1, 0.15) is 0 Å². The van der Waals surface area contributed by atoms with Crippen LogP contribution in [0.4, 0.5) is 5.95 Å². The van der Waals surface area contributed by atoms with E-state index in [0.29, 0.717) is 18.2 Å². The predicted octanol–water partition coefficient (Wildman–Crippen LogP) is 0.788. The lowest BCUT2D eigenvalue weighted by Crippen LogP contribution is -2.38. The Bertz CT molecular complexity index is 502. The number of carboxylic acid groups (broad SMARTS) is 1. The molecule has 0 aliphatic heterocycles. The van der Waals surface area contributed by atoms with Gasteiger partial charge in [0, 0.05) is 26.8 Å². The van der Waals surface area contributed by atoms with Crippen molar-refractivity contribution in [3.05, 3.63) is 17.5 Å². The molecule has 1 rings (SSSR count). The Balaban J connectivity index is 3.00. The van der Waals surface area contributed by atoms with Gasteiger partial charge in [0.15, 0.2) is 0 Å². The van der Waals surface area contributed by atoms with Crippen LogP contribution >= 0.6 is 0 Å². The maximum atomic E-state index is 11.8. The first-order chi connectivity index (χ1) is 9.36. The number of aromatic nitrogens is 2. The molecule has 0 spiro atoms. The lowest BCUT2D eigenvalue weighted by atomic mass is 10.2. The van der Waals surface area contributed by atoms with Crippen LogP contribution in [0.5, 0.6) is 0 Å². The molecule has 0 saturated heterocycles. The van der Waals surface area contributed by atoms with E-state index >= 15 is 0 Å². The maximum absolute atomic E-state index is 11.8. The Labute approximate surface area is 118 Å². The lowest BCUT2D eigenvalue weighted by molar-refractivity contribution is -0.127.